The SMILES string of the molecule is CCCCOC(=O)CN(c1ccc2[nH]c(C)cc2c1)S(=O)(=O)c1cc(Cl)cc(Cl)c1. The lowest BCUT2D eigenvalue weighted by molar-refractivity contribution is -0.141. The molecule has 0 bridgehead atoms. The maximum absolute atomic E-state index is 13.4. The van der Waals surface area contributed by atoms with Crippen LogP contribution in [0.3, 0.4) is 0 Å². The Kier molecular flexibility index (Phi) is 6.95. The topological polar surface area (TPSA) is 79.5 Å². The number of aryl methyl sites for hydroxylation is 1. The molecule has 0 atom stereocenters. The summed E-state index contributed by atoms with van der Waals surface area (Å²) in [7, 11) is -4.13. The summed E-state index contributed by atoms with van der Waals surface area (Å²) >= 11 is 12.0. The summed E-state index contributed by atoms with van der Waals surface area (Å²) in [6, 6.07) is 11.1. The molecule has 6 nitrogen and oxygen atoms in total. The summed E-state index contributed by atoms with van der Waals surface area (Å²) in [6.07, 6.45) is 1.57. The van der Waals surface area contributed by atoms with Gasteiger partial charge in [0.1, 0.15) is 6.54 Å². The summed E-state index contributed by atoms with van der Waals surface area (Å²) in [5, 5.41) is 1.19. The molecule has 0 aliphatic heterocycles. The molecule has 1 heterocycles. The number of unbranched alkanes of at least 4 members (excludes halogenated alkanes) is 1. The Hall–Kier alpha value is -2.22. The fourth-order valence-electron chi connectivity index (χ4n) is 3.03. The second-order valence-corrected chi connectivity index (χ2v) is 9.65. The van der Waals surface area contributed by atoms with E-state index in [1.54, 1.807) is 18.2 Å². The van der Waals surface area contributed by atoms with Gasteiger partial charge in [0.2, 0.25) is 0 Å². The molecule has 9 heteroatoms. The molecule has 3 rings (SSSR count). The van der Waals surface area contributed by atoms with Gasteiger partial charge >= 0.3 is 5.97 Å². The third-order valence-corrected chi connectivity index (χ3v) is 6.67. The number of nitrogens with zero attached hydrogens (tertiary/aromatic N) is 1. The molecular weight excluding hydrogens is 447 g/mol. The molecule has 1 N–H and O–H groups in total. The standard InChI is InChI=1S/C21H22Cl2N2O4S/c1-3-4-7-29-21(26)13-25(18-5-6-20-15(9-18)8-14(2)24-20)30(27,28)19-11-16(22)10-17(23)12-19/h5-6,8-12,24H,3-4,7,13H2,1-2H3. The number of hydrogen-bond donors (Lipinski definition) is 1. The first-order chi connectivity index (χ1) is 14.2. The van der Waals surface area contributed by atoms with Crippen LogP contribution < -0.4 is 4.31 Å². The van der Waals surface area contributed by atoms with E-state index in [-0.39, 0.29) is 21.5 Å². The van der Waals surface area contributed by atoms with Gasteiger partial charge in [-0.15, -0.1) is 0 Å². The maximum atomic E-state index is 13.4. The van der Waals surface area contributed by atoms with Crippen molar-refractivity contribution in [1.29, 1.82) is 0 Å². The van der Waals surface area contributed by atoms with Crippen LogP contribution in [-0.4, -0.2) is 32.5 Å². The van der Waals surface area contributed by atoms with Crippen molar-refractivity contribution in [3.63, 3.8) is 0 Å². The van der Waals surface area contributed by atoms with E-state index in [4.69, 9.17) is 27.9 Å². The quantitative estimate of drug-likeness (QED) is 0.358. The van der Waals surface area contributed by atoms with Gasteiger partial charge in [0.15, 0.2) is 0 Å². The zero-order valence-corrected chi connectivity index (χ0v) is 18.9. The number of H-pyrrole nitrogens is 1. The van der Waals surface area contributed by atoms with Gasteiger partial charge in [-0.05, 0) is 55.8 Å². The van der Waals surface area contributed by atoms with Crippen LogP contribution in [0, 0.1) is 6.92 Å². The normalized spacial score (nSPS) is 11.6. The largest absolute Gasteiger partial charge is 0.464 e. The Morgan fingerprint density at radius 1 is 1.10 bits per heavy atom. The van der Waals surface area contributed by atoms with E-state index < -0.39 is 22.5 Å². The smallest absolute Gasteiger partial charge is 0.326 e. The molecule has 0 amide bonds. The number of anilines is 1. The number of carbonyl (C=O) groups is 1. The van der Waals surface area contributed by atoms with Gasteiger partial charge in [-0.1, -0.05) is 36.5 Å². The lowest BCUT2D eigenvalue weighted by atomic mass is 10.2. The highest BCUT2D eigenvalue weighted by Gasteiger charge is 2.29. The van der Waals surface area contributed by atoms with E-state index in [0.717, 1.165) is 27.3 Å². The van der Waals surface area contributed by atoms with Crippen LogP contribution in [-0.2, 0) is 19.6 Å². The highest BCUT2D eigenvalue weighted by Crippen LogP contribution is 2.30. The van der Waals surface area contributed by atoms with Gasteiger partial charge in [0, 0.05) is 26.6 Å². The summed E-state index contributed by atoms with van der Waals surface area (Å²) in [5.74, 6) is -0.634. The number of aromatic nitrogens is 1. The zero-order valence-electron chi connectivity index (χ0n) is 16.6. The number of rotatable bonds is 8. The second kappa shape index (κ2) is 9.29. The van der Waals surface area contributed by atoms with E-state index in [0.29, 0.717) is 12.1 Å². The van der Waals surface area contributed by atoms with Crippen LogP contribution in [0.1, 0.15) is 25.5 Å². The van der Waals surface area contributed by atoms with E-state index >= 15 is 0 Å². The molecule has 1 aromatic heterocycles. The predicted molar refractivity (Wildman–Crippen MR) is 120 cm³/mol. The van der Waals surface area contributed by atoms with Gasteiger partial charge in [0.05, 0.1) is 17.2 Å². The van der Waals surface area contributed by atoms with Crippen LogP contribution in [0.5, 0.6) is 0 Å². The van der Waals surface area contributed by atoms with E-state index in [1.807, 2.05) is 19.9 Å². The lowest BCUT2D eigenvalue weighted by Gasteiger charge is -2.24. The highest BCUT2D eigenvalue weighted by molar-refractivity contribution is 7.92. The molecule has 0 aliphatic rings. The number of aromatic amines is 1. The highest BCUT2D eigenvalue weighted by atomic mass is 35.5. The number of benzene rings is 2. The number of carbonyl (C=O) groups excluding carboxylic acids is 1. The Bertz CT molecular complexity index is 1150. The molecule has 30 heavy (non-hydrogen) atoms. The minimum atomic E-state index is -4.13. The molecule has 0 spiro atoms. The van der Waals surface area contributed by atoms with Crippen LogP contribution >= 0.6 is 23.2 Å². The number of hydrogen-bond acceptors (Lipinski definition) is 4. The molecule has 3 aromatic rings. The van der Waals surface area contributed by atoms with Gasteiger partial charge < -0.3 is 9.72 Å². The Morgan fingerprint density at radius 3 is 2.47 bits per heavy atom. The number of ether oxygens (including phenoxy) is 1. The number of halogens is 2. The fraction of sp³-hybridized carbons (Fsp3) is 0.286. The summed E-state index contributed by atoms with van der Waals surface area (Å²) in [4.78, 5) is 15.5. The fourth-order valence-corrected chi connectivity index (χ4v) is 5.16. The van der Waals surface area contributed by atoms with Crippen molar-refractivity contribution in [3.05, 3.63) is 58.2 Å². The van der Waals surface area contributed by atoms with Gasteiger partial charge in [-0.2, -0.15) is 0 Å². The van der Waals surface area contributed by atoms with Crippen molar-refractivity contribution >= 4 is 55.8 Å². The summed E-state index contributed by atoms with van der Waals surface area (Å²) in [6.45, 7) is 3.65. The number of sulfonamides is 1. The molecule has 160 valence electrons. The van der Waals surface area contributed by atoms with E-state index in [2.05, 4.69) is 4.98 Å². The van der Waals surface area contributed by atoms with E-state index in [9.17, 15) is 13.2 Å². The molecule has 0 saturated heterocycles. The molecule has 0 saturated carbocycles. The van der Waals surface area contributed by atoms with Crippen LogP contribution in [0.15, 0.2) is 47.4 Å². The Balaban J connectivity index is 2.04. The van der Waals surface area contributed by atoms with Gasteiger partial charge in [0.25, 0.3) is 10.0 Å². The van der Waals surface area contributed by atoms with Crippen molar-refractivity contribution < 1.29 is 17.9 Å². The van der Waals surface area contributed by atoms with Crippen LogP contribution in [0.2, 0.25) is 10.0 Å². The van der Waals surface area contributed by atoms with Crippen LogP contribution in [0.25, 0.3) is 10.9 Å². The average Bonchev–Trinajstić information content (AvgIpc) is 3.04. The first kappa shape index (κ1) is 22.5. The minimum Gasteiger partial charge on any atom is -0.464 e. The van der Waals surface area contributed by atoms with Gasteiger partial charge in [-0.25, -0.2) is 8.42 Å². The van der Waals surface area contributed by atoms with Crippen molar-refractivity contribution in [1.82, 2.24) is 4.98 Å². The van der Waals surface area contributed by atoms with E-state index in [1.165, 1.54) is 18.2 Å². The minimum absolute atomic E-state index is 0.105. The maximum Gasteiger partial charge on any atom is 0.326 e. The molecule has 0 aliphatic carbocycles. The van der Waals surface area contributed by atoms with Crippen molar-refractivity contribution in [2.45, 2.75) is 31.6 Å². The zero-order chi connectivity index (χ0) is 21.9. The second-order valence-electron chi connectivity index (χ2n) is 6.91. The molecule has 2 aromatic carbocycles. The van der Waals surface area contributed by atoms with Gasteiger partial charge in [-0.3, -0.25) is 9.10 Å². The summed E-state index contributed by atoms with van der Waals surface area (Å²) < 4.78 is 33.1. The number of fused-ring (bicyclic) bond motifs is 1. The molecular formula is C21H22Cl2N2O4S. The third-order valence-electron chi connectivity index (χ3n) is 4.48. The Labute approximate surface area is 185 Å². The van der Waals surface area contributed by atoms with Crippen molar-refractivity contribution in [3.8, 4) is 0 Å². The number of nitrogens with one attached hydrogen (secondary N) is 1. The first-order valence-electron chi connectivity index (χ1n) is 9.44. The van der Waals surface area contributed by atoms with Crippen LogP contribution in [0.4, 0.5) is 5.69 Å². The summed E-state index contributed by atoms with van der Waals surface area (Å²) in [5.41, 5.74) is 2.15. The Morgan fingerprint density at radius 2 is 1.80 bits per heavy atom. The predicted octanol–water partition coefficient (Wildman–Crippen LogP) is 5.32. The average molecular weight is 469 g/mol. The van der Waals surface area contributed by atoms with Crippen molar-refractivity contribution in [2.24, 2.45) is 0 Å². The third kappa shape index (κ3) is 5.09. The first-order valence-corrected chi connectivity index (χ1v) is 11.6. The lowest BCUT2D eigenvalue weighted by Crippen LogP contribution is -2.36. The molecule has 0 unspecified atom stereocenters. The molecule has 0 radical (unpaired) electrons. The van der Waals surface area contributed by atoms with Crippen molar-refractivity contribution in [2.75, 3.05) is 17.5 Å². The number of esters is 1. The monoisotopic (exact) mass is 468 g/mol. The molecule has 0 fully saturated rings.